The Bertz CT molecular complexity index is 691. The highest BCUT2D eigenvalue weighted by Crippen LogP contribution is 2.13. The van der Waals surface area contributed by atoms with Gasteiger partial charge in [-0.2, -0.15) is 5.10 Å². The monoisotopic (exact) mass is 380 g/mol. The van der Waals surface area contributed by atoms with Crippen LogP contribution in [0.15, 0.2) is 21.7 Å². The van der Waals surface area contributed by atoms with Crippen LogP contribution >= 0.6 is 0 Å². The lowest BCUT2D eigenvalue weighted by atomic mass is 10.3. The molecule has 11 nitrogen and oxygen atoms in total. The largest absolute Gasteiger partial charge is 0.433 e. The Morgan fingerprint density at radius 1 is 1.30 bits per heavy atom. The summed E-state index contributed by atoms with van der Waals surface area (Å²) in [6.07, 6.45) is 1.20. The number of urea groups is 1. The molecule has 0 aliphatic carbocycles. The third-order valence-corrected chi connectivity index (χ3v) is 4.22. The molecule has 0 unspecified atom stereocenters. The maximum Gasteiger partial charge on any atom is 0.433 e. The average molecular weight is 380 g/mol. The number of nitro groups is 1. The lowest BCUT2D eigenvalue weighted by Crippen LogP contribution is -2.54. The summed E-state index contributed by atoms with van der Waals surface area (Å²) in [7, 11) is 0. The molecule has 0 bridgehead atoms. The Balaban J connectivity index is 1.73. The Hall–Kier alpha value is -2.95. The van der Waals surface area contributed by atoms with E-state index in [4.69, 9.17) is 4.42 Å². The van der Waals surface area contributed by atoms with Gasteiger partial charge in [0.2, 0.25) is 0 Å². The van der Waals surface area contributed by atoms with Crippen molar-refractivity contribution in [3.05, 3.63) is 28.0 Å². The minimum atomic E-state index is -0.652. The summed E-state index contributed by atoms with van der Waals surface area (Å²) < 4.78 is 4.90. The van der Waals surface area contributed by atoms with Gasteiger partial charge in [-0.15, -0.1) is 0 Å². The number of nitrogens with zero attached hydrogens (tertiary/aromatic N) is 5. The summed E-state index contributed by atoms with van der Waals surface area (Å²) in [4.78, 5) is 39.6. The van der Waals surface area contributed by atoms with Crippen molar-refractivity contribution < 1.29 is 18.9 Å². The van der Waals surface area contributed by atoms with E-state index in [2.05, 4.69) is 10.5 Å². The lowest BCUT2D eigenvalue weighted by molar-refractivity contribution is -0.402. The Morgan fingerprint density at radius 3 is 2.52 bits per heavy atom. The highest BCUT2D eigenvalue weighted by Gasteiger charge is 2.24. The zero-order chi connectivity index (χ0) is 19.8. The number of hydrogen-bond acceptors (Lipinski definition) is 7. The number of furan rings is 1. The first-order chi connectivity index (χ1) is 12.9. The first-order valence-corrected chi connectivity index (χ1v) is 8.76. The van der Waals surface area contributed by atoms with Gasteiger partial charge in [-0.3, -0.25) is 19.8 Å². The molecule has 0 aromatic carbocycles. The highest BCUT2D eigenvalue weighted by molar-refractivity contribution is 5.81. The number of rotatable bonds is 7. The highest BCUT2D eigenvalue weighted by atomic mass is 16.6. The van der Waals surface area contributed by atoms with E-state index in [0.717, 1.165) is 0 Å². The quantitative estimate of drug-likeness (QED) is 0.422. The number of amides is 3. The fraction of sp³-hybridized carbons (Fsp3) is 0.562. The molecular formula is C16H24N6O5. The summed E-state index contributed by atoms with van der Waals surface area (Å²) in [6.45, 7) is 7.76. The van der Waals surface area contributed by atoms with Gasteiger partial charge < -0.3 is 14.2 Å². The fourth-order valence-corrected chi connectivity index (χ4v) is 2.71. The van der Waals surface area contributed by atoms with Crippen molar-refractivity contribution >= 4 is 24.0 Å². The molecular weight excluding hydrogens is 356 g/mol. The molecule has 0 atom stereocenters. The molecule has 1 saturated heterocycles. The standard InChI is InChI=1S/C16H24N6O5/c1-3-20(4-2)16(24)21-9-7-19(8-10-21)12-14(23)18-17-11-13-5-6-15(27-13)22(25)26/h5-6,11H,3-4,7-10,12H2,1-2H3,(H,18,23)/b17-11+. The lowest BCUT2D eigenvalue weighted by Gasteiger charge is -2.36. The number of carbonyl (C=O) groups excluding carboxylic acids is 2. The van der Waals surface area contributed by atoms with Gasteiger partial charge in [0.1, 0.15) is 4.92 Å². The second kappa shape index (κ2) is 9.67. The van der Waals surface area contributed by atoms with Crippen LogP contribution in [-0.2, 0) is 4.79 Å². The zero-order valence-electron chi connectivity index (χ0n) is 15.5. The number of piperazine rings is 1. The molecule has 1 aromatic heterocycles. The average Bonchev–Trinajstić information content (AvgIpc) is 3.12. The summed E-state index contributed by atoms with van der Waals surface area (Å²) in [5, 5.41) is 14.2. The molecule has 0 spiro atoms. The van der Waals surface area contributed by atoms with Crippen molar-refractivity contribution in [3.63, 3.8) is 0 Å². The third kappa shape index (κ3) is 5.78. The molecule has 3 amide bonds. The van der Waals surface area contributed by atoms with E-state index in [0.29, 0.717) is 39.3 Å². The van der Waals surface area contributed by atoms with Crippen molar-refractivity contribution in [2.75, 3.05) is 45.8 Å². The van der Waals surface area contributed by atoms with Crippen LogP contribution in [0.5, 0.6) is 0 Å². The van der Waals surface area contributed by atoms with E-state index in [9.17, 15) is 19.7 Å². The molecule has 0 saturated carbocycles. The zero-order valence-corrected chi connectivity index (χ0v) is 15.5. The van der Waals surface area contributed by atoms with Crippen LogP contribution in [-0.4, -0.2) is 83.6 Å². The summed E-state index contributed by atoms with van der Waals surface area (Å²) in [5.41, 5.74) is 2.36. The van der Waals surface area contributed by atoms with Crippen LogP contribution in [0.1, 0.15) is 19.6 Å². The van der Waals surface area contributed by atoms with Crippen LogP contribution in [0.25, 0.3) is 0 Å². The maximum atomic E-state index is 12.3. The molecule has 27 heavy (non-hydrogen) atoms. The summed E-state index contributed by atoms with van der Waals surface area (Å²) in [6, 6.07) is 2.63. The van der Waals surface area contributed by atoms with Crippen LogP contribution in [0.2, 0.25) is 0 Å². The van der Waals surface area contributed by atoms with E-state index >= 15 is 0 Å². The van der Waals surface area contributed by atoms with Gasteiger partial charge in [-0.05, 0) is 19.9 Å². The number of carbonyl (C=O) groups is 2. The van der Waals surface area contributed by atoms with Crippen molar-refractivity contribution in [1.82, 2.24) is 20.1 Å². The summed E-state index contributed by atoms with van der Waals surface area (Å²) in [5.74, 6) is -0.527. The fourth-order valence-electron chi connectivity index (χ4n) is 2.71. The molecule has 1 fully saturated rings. The van der Waals surface area contributed by atoms with Crippen molar-refractivity contribution in [2.45, 2.75) is 13.8 Å². The number of hydrazone groups is 1. The van der Waals surface area contributed by atoms with Gasteiger partial charge in [0, 0.05) is 39.3 Å². The molecule has 11 heteroatoms. The molecule has 2 heterocycles. The minimum Gasteiger partial charge on any atom is -0.400 e. The molecule has 0 radical (unpaired) electrons. The van der Waals surface area contributed by atoms with Gasteiger partial charge in [0.25, 0.3) is 5.91 Å². The first kappa shape index (κ1) is 20.4. The van der Waals surface area contributed by atoms with Crippen LogP contribution in [0, 0.1) is 10.1 Å². The topological polar surface area (TPSA) is 125 Å². The minimum absolute atomic E-state index is 0.0289. The number of nitrogens with one attached hydrogen (secondary N) is 1. The van der Waals surface area contributed by atoms with Gasteiger partial charge in [0.05, 0.1) is 18.8 Å². The van der Waals surface area contributed by atoms with E-state index in [1.54, 1.807) is 9.80 Å². The van der Waals surface area contributed by atoms with E-state index in [1.165, 1.54) is 18.3 Å². The smallest absolute Gasteiger partial charge is 0.400 e. The van der Waals surface area contributed by atoms with Crippen LogP contribution in [0.4, 0.5) is 10.7 Å². The third-order valence-electron chi connectivity index (χ3n) is 4.22. The molecule has 1 aromatic rings. The molecule has 148 valence electrons. The van der Waals surface area contributed by atoms with E-state index in [-0.39, 0.29) is 30.1 Å². The Morgan fingerprint density at radius 2 is 1.96 bits per heavy atom. The SMILES string of the molecule is CCN(CC)C(=O)N1CCN(CC(=O)N/N=C/c2ccc([N+](=O)[O-])o2)CC1. The molecule has 1 aliphatic rings. The van der Waals surface area contributed by atoms with Crippen molar-refractivity contribution in [1.29, 1.82) is 0 Å². The maximum absolute atomic E-state index is 12.3. The second-order valence-electron chi connectivity index (χ2n) is 5.94. The second-order valence-corrected chi connectivity index (χ2v) is 5.94. The number of hydrogen-bond donors (Lipinski definition) is 1. The van der Waals surface area contributed by atoms with Crippen LogP contribution < -0.4 is 5.43 Å². The van der Waals surface area contributed by atoms with Crippen molar-refractivity contribution in [3.8, 4) is 0 Å². The van der Waals surface area contributed by atoms with Gasteiger partial charge >= 0.3 is 11.9 Å². The Labute approximate surface area is 156 Å². The summed E-state index contributed by atoms with van der Waals surface area (Å²) >= 11 is 0. The van der Waals surface area contributed by atoms with Gasteiger partial charge in [-0.25, -0.2) is 10.2 Å². The molecule has 2 rings (SSSR count). The van der Waals surface area contributed by atoms with E-state index < -0.39 is 4.92 Å². The predicted octanol–water partition coefficient (Wildman–Crippen LogP) is 0.717. The van der Waals surface area contributed by atoms with Crippen molar-refractivity contribution in [2.24, 2.45) is 5.10 Å². The molecule has 1 aliphatic heterocycles. The van der Waals surface area contributed by atoms with Gasteiger partial charge in [0.15, 0.2) is 5.76 Å². The van der Waals surface area contributed by atoms with Crippen LogP contribution in [0.3, 0.4) is 0 Å². The normalized spacial score (nSPS) is 15.1. The Kier molecular flexibility index (Phi) is 7.29. The predicted molar refractivity (Wildman–Crippen MR) is 97.4 cm³/mol. The molecule has 1 N–H and O–H groups in total. The van der Waals surface area contributed by atoms with E-state index in [1.807, 2.05) is 18.7 Å². The van der Waals surface area contributed by atoms with Gasteiger partial charge in [-0.1, -0.05) is 0 Å². The first-order valence-electron chi connectivity index (χ1n) is 8.76.